The van der Waals surface area contributed by atoms with Crippen molar-refractivity contribution < 1.29 is 47.0 Å². The smallest absolute Gasteiger partial charge is 0.336 e. The van der Waals surface area contributed by atoms with Gasteiger partial charge in [-0.2, -0.15) is 0 Å². The Morgan fingerprint density at radius 3 is 1.43 bits per heavy atom. The van der Waals surface area contributed by atoms with E-state index in [9.17, 15) is 9.59 Å². The minimum atomic E-state index is -1.23. The molecule has 0 aliphatic heterocycles. The van der Waals surface area contributed by atoms with Gasteiger partial charge < -0.3 is 15.7 Å². The van der Waals surface area contributed by atoms with Gasteiger partial charge in [0.15, 0.2) is 0 Å². The molecule has 0 bridgehead atoms. The van der Waals surface area contributed by atoms with E-state index in [4.69, 9.17) is 10.2 Å². The molecule has 74 valence electrons. The number of hydrogen-bond donors (Lipinski definition) is 2. The van der Waals surface area contributed by atoms with Crippen LogP contribution in [-0.4, -0.2) is 27.6 Å². The van der Waals surface area contributed by atoms with Gasteiger partial charge in [-0.05, 0) is 12.1 Å². The Hall–Kier alpha value is -1.17. The van der Waals surface area contributed by atoms with Gasteiger partial charge >= 0.3 is 11.9 Å². The molecule has 0 aromatic heterocycles. The Morgan fingerprint density at radius 2 is 1.21 bits per heavy atom. The Morgan fingerprint density at radius 1 is 0.929 bits per heavy atom. The quantitative estimate of drug-likeness (QED) is 0.712. The summed E-state index contributed by atoms with van der Waals surface area (Å²) < 4.78 is 0. The molecular weight excluding hydrogens is 224 g/mol. The van der Waals surface area contributed by atoms with Crippen LogP contribution < -0.4 is 0 Å². The summed E-state index contributed by atoms with van der Waals surface area (Å²) in [6, 6.07) is 5.48. The summed E-state index contributed by atoms with van der Waals surface area (Å²) in [7, 11) is 0. The van der Waals surface area contributed by atoms with Crippen molar-refractivity contribution >= 4 is 11.9 Å². The number of rotatable bonds is 2. The van der Waals surface area contributed by atoms with Crippen LogP contribution in [0.25, 0.3) is 0 Å². The van der Waals surface area contributed by atoms with E-state index in [-0.39, 0.29) is 38.3 Å². The molecule has 1 aromatic carbocycles. The van der Waals surface area contributed by atoms with E-state index in [0.29, 0.717) is 0 Å². The first-order valence-electron chi connectivity index (χ1n) is 3.18. The molecule has 0 saturated carbocycles. The van der Waals surface area contributed by atoms with Crippen molar-refractivity contribution in [2.45, 2.75) is 0 Å². The van der Waals surface area contributed by atoms with Crippen molar-refractivity contribution in [1.82, 2.24) is 0 Å². The maximum absolute atomic E-state index is 10.5. The van der Waals surface area contributed by atoms with E-state index in [1.165, 1.54) is 24.3 Å². The van der Waals surface area contributed by atoms with E-state index >= 15 is 0 Å². The third-order valence-corrected chi connectivity index (χ3v) is 1.39. The van der Waals surface area contributed by atoms with Gasteiger partial charge in [0, 0.05) is 21.7 Å². The molecule has 1 aromatic rings. The second-order valence-electron chi connectivity index (χ2n) is 2.16. The largest absolute Gasteiger partial charge is 0.478 e. The zero-order valence-corrected chi connectivity index (χ0v) is 8.58. The van der Waals surface area contributed by atoms with Gasteiger partial charge in [-0.3, -0.25) is 0 Å². The van der Waals surface area contributed by atoms with Gasteiger partial charge in [0.05, 0.1) is 11.1 Å². The number of carboxylic acids is 2. The first-order chi connectivity index (χ1) is 5.63. The van der Waals surface area contributed by atoms with Gasteiger partial charge in [-0.25, -0.2) is 9.59 Å². The molecule has 0 radical (unpaired) electrons. The summed E-state index contributed by atoms with van der Waals surface area (Å²) >= 11 is 0. The molecule has 0 unspecified atom stereocenters. The minimum Gasteiger partial charge on any atom is -0.478 e. The molecule has 4 N–H and O–H groups in total. The van der Waals surface area contributed by atoms with Crippen molar-refractivity contribution in [1.29, 1.82) is 0 Å². The predicted molar refractivity (Wildman–Crippen MR) is 44.0 cm³/mol. The first kappa shape index (κ1) is 15.3. The normalized spacial score (nSPS) is 8.00. The Labute approximate surface area is 94.6 Å². The fourth-order valence-corrected chi connectivity index (χ4v) is 0.856. The summed E-state index contributed by atoms with van der Waals surface area (Å²) in [4.78, 5) is 20.9. The second kappa shape index (κ2) is 6.31. The molecule has 0 aliphatic rings. The van der Waals surface area contributed by atoms with Crippen LogP contribution in [0.3, 0.4) is 0 Å². The number of benzene rings is 1. The number of carbonyl (C=O) groups is 2. The van der Waals surface area contributed by atoms with Crippen LogP contribution in [0.1, 0.15) is 20.7 Å². The topological polar surface area (TPSA) is 106 Å². The summed E-state index contributed by atoms with van der Waals surface area (Å²) in [5.74, 6) is -2.46. The average Bonchev–Trinajstić information content (AvgIpc) is 2.04. The third-order valence-electron chi connectivity index (χ3n) is 1.39. The molecule has 0 aliphatic carbocycles. The van der Waals surface area contributed by atoms with E-state index in [2.05, 4.69) is 0 Å². The molecule has 0 spiro atoms. The molecule has 0 heterocycles. The second-order valence-corrected chi connectivity index (χ2v) is 2.16. The minimum absolute atomic E-state index is 0. The maximum Gasteiger partial charge on any atom is 0.336 e. The molecule has 5 nitrogen and oxygen atoms in total. The van der Waals surface area contributed by atoms with Crippen molar-refractivity contribution in [3.63, 3.8) is 0 Å². The number of carboxylic acid groups (broad SMARTS) is 2. The number of hydrogen-bond acceptors (Lipinski definition) is 2. The SMILES string of the molecule is O.O=C(O)c1ccccc1C(=O)O.[Ti]. The summed E-state index contributed by atoms with van der Waals surface area (Å²) in [5, 5.41) is 17.1. The van der Waals surface area contributed by atoms with Crippen LogP contribution in [-0.2, 0) is 21.7 Å². The number of aromatic carboxylic acids is 2. The molecule has 6 heteroatoms. The van der Waals surface area contributed by atoms with E-state index < -0.39 is 11.9 Å². The van der Waals surface area contributed by atoms with E-state index in [1.54, 1.807) is 0 Å². The molecule has 0 amide bonds. The summed E-state index contributed by atoms with van der Waals surface area (Å²) in [5.41, 5.74) is -0.380. The van der Waals surface area contributed by atoms with Gasteiger partial charge in [-0.1, -0.05) is 12.1 Å². The van der Waals surface area contributed by atoms with Crippen molar-refractivity contribution in [3.8, 4) is 0 Å². The zero-order chi connectivity index (χ0) is 9.14. The molecule has 14 heavy (non-hydrogen) atoms. The monoisotopic (exact) mass is 232 g/mol. The molecule has 0 fully saturated rings. The summed E-state index contributed by atoms with van der Waals surface area (Å²) in [6.45, 7) is 0. The van der Waals surface area contributed by atoms with Crippen LogP contribution in [0.2, 0.25) is 0 Å². The Bertz CT molecular complexity index is 303. The van der Waals surface area contributed by atoms with Crippen LogP contribution in [0, 0.1) is 0 Å². The zero-order valence-electron chi connectivity index (χ0n) is 7.02. The molecule has 0 saturated heterocycles. The molecule has 0 atom stereocenters. The van der Waals surface area contributed by atoms with Crippen molar-refractivity contribution in [2.24, 2.45) is 0 Å². The van der Waals surface area contributed by atoms with E-state index in [1.807, 2.05) is 0 Å². The van der Waals surface area contributed by atoms with Crippen LogP contribution in [0.15, 0.2) is 24.3 Å². The fourth-order valence-electron chi connectivity index (χ4n) is 0.856. The Balaban J connectivity index is 0. The van der Waals surface area contributed by atoms with Crippen molar-refractivity contribution in [2.75, 3.05) is 0 Å². The molecular formula is C8H8O5Ti. The van der Waals surface area contributed by atoms with E-state index in [0.717, 1.165) is 0 Å². The average molecular weight is 232 g/mol. The van der Waals surface area contributed by atoms with Gasteiger partial charge in [-0.15, -0.1) is 0 Å². The third kappa shape index (κ3) is 3.29. The van der Waals surface area contributed by atoms with Crippen molar-refractivity contribution in [3.05, 3.63) is 35.4 Å². The summed E-state index contributed by atoms with van der Waals surface area (Å²) in [6.07, 6.45) is 0. The fraction of sp³-hybridized carbons (Fsp3) is 0. The molecule has 1 rings (SSSR count). The Kier molecular flexibility index (Phi) is 6.90. The van der Waals surface area contributed by atoms with Crippen LogP contribution >= 0.6 is 0 Å². The predicted octanol–water partition coefficient (Wildman–Crippen LogP) is 0.256. The first-order valence-corrected chi connectivity index (χ1v) is 3.18. The standard InChI is InChI=1S/C8H6O4.H2O.Ti/c9-7(10)5-3-1-2-4-6(5)8(11)12;;/h1-4H,(H,9,10)(H,11,12);1H2;. The maximum atomic E-state index is 10.5. The van der Waals surface area contributed by atoms with Gasteiger partial charge in [0.2, 0.25) is 0 Å². The van der Waals surface area contributed by atoms with Gasteiger partial charge in [0.25, 0.3) is 0 Å². The van der Waals surface area contributed by atoms with Gasteiger partial charge in [0.1, 0.15) is 0 Å². The van der Waals surface area contributed by atoms with Crippen LogP contribution in [0.5, 0.6) is 0 Å². The van der Waals surface area contributed by atoms with Crippen LogP contribution in [0.4, 0.5) is 0 Å².